The molecule has 0 saturated carbocycles. The molecule has 184 valence electrons. The van der Waals surface area contributed by atoms with Crippen molar-refractivity contribution in [2.24, 2.45) is 5.18 Å². The molecule has 35 heavy (non-hydrogen) atoms. The monoisotopic (exact) mass is 502 g/mol. The second-order valence-electron chi connectivity index (χ2n) is 7.00. The predicted octanol–water partition coefficient (Wildman–Crippen LogP) is 3.73. The summed E-state index contributed by atoms with van der Waals surface area (Å²) in [5, 5.41) is 12.5. The van der Waals surface area contributed by atoms with E-state index < -0.39 is 60.3 Å². The number of rotatable bonds is 8. The molecule has 2 aromatic heterocycles. The maximum Gasteiger partial charge on any atom is 0.411 e. The normalized spacial score (nSPS) is 13.6. The summed E-state index contributed by atoms with van der Waals surface area (Å²) in [4.78, 5) is 15.5. The van der Waals surface area contributed by atoms with Crippen LogP contribution in [0, 0.1) is 28.4 Å². The summed E-state index contributed by atoms with van der Waals surface area (Å²) in [7, 11) is 0. The van der Waals surface area contributed by atoms with Crippen molar-refractivity contribution >= 4 is 0 Å². The van der Waals surface area contributed by atoms with E-state index in [2.05, 4.69) is 42.3 Å². The first-order valence-electron chi connectivity index (χ1n) is 9.47. The summed E-state index contributed by atoms with van der Waals surface area (Å²) in [5.41, 5.74) is -5.10. The van der Waals surface area contributed by atoms with Gasteiger partial charge in [0, 0.05) is 23.4 Å². The van der Waals surface area contributed by atoms with E-state index in [-0.39, 0.29) is 5.56 Å². The molecule has 15 heteroatoms. The van der Waals surface area contributed by atoms with Crippen molar-refractivity contribution in [1.82, 2.24) is 25.2 Å². The summed E-state index contributed by atoms with van der Waals surface area (Å²) in [6.45, 7) is -3.11. The van der Waals surface area contributed by atoms with Crippen LogP contribution in [0.25, 0.3) is 0 Å². The number of ether oxygens (including phenoxy) is 1. The maximum atomic E-state index is 15.8. The smallest absolute Gasteiger partial charge is 0.359 e. The number of tetrazole rings is 1. The van der Waals surface area contributed by atoms with Crippen LogP contribution < -0.4 is 0 Å². The first kappa shape index (κ1) is 25.7. The number of alkyl halides is 5. The molecule has 0 N–H and O–H groups in total. The van der Waals surface area contributed by atoms with E-state index in [9.17, 15) is 26.9 Å². The van der Waals surface area contributed by atoms with Gasteiger partial charge >= 0.3 is 12.1 Å². The van der Waals surface area contributed by atoms with Crippen molar-refractivity contribution in [2.45, 2.75) is 24.2 Å². The molecule has 2 heterocycles. The van der Waals surface area contributed by atoms with E-state index in [1.165, 1.54) is 0 Å². The van der Waals surface area contributed by atoms with Crippen LogP contribution >= 0.6 is 0 Å². The van der Waals surface area contributed by atoms with E-state index in [1.807, 2.05) is 0 Å². The fourth-order valence-electron chi connectivity index (χ4n) is 3.02. The first-order valence-corrected chi connectivity index (χ1v) is 9.47. The summed E-state index contributed by atoms with van der Waals surface area (Å²) >= 11 is 0. The molecule has 0 spiro atoms. The molecule has 1 atom stereocenters. The summed E-state index contributed by atoms with van der Waals surface area (Å²) in [6, 6.07) is 3.49. The lowest BCUT2D eigenvalue weighted by Gasteiger charge is -2.34. The minimum Gasteiger partial charge on any atom is -0.359 e. The molecule has 0 aliphatic rings. The van der Waals surface area contributed by atoms with Gasteiger partial charge in [-0.3, -0.25) is 4.98 Å². The van der Waals surface area contributed by atoms with Crippen LogP contribution in [0.15, 0.2) is 48.0 Å². The van der Waals surface area contributed by atoms with Gasteiger partial charge in [0.2, 0.25) is 5.54 Å². The second-order valence-corrected chi connectivity index (χ2v) is 7.00. The van der Waals surface area contributed by atoms with Gasteiger partial charge in [0.05, 0.1) is 6.54 Å². The molecule has 0 amide bonds. The van der Waals surface area contributed by atoms with Gasteiger partial charge in [-0.05, 0) is 33.8 Å². The van der Waals surface area contributed by atoms with Gasteiger partial charge in [0.15, 0.2) is 0 Å². The predicted molar refractivity (Wildman–Crippen MR) is 104 cm³/mol. The Hall–Kier alpha value is -3.93. The Bertz CT molecular complexity index is 1220. The van der Waals surface area contributed by atoms with Gasteiger partial charge in [0.25, 0.3) is 0 Å². The average molecular weight is 502 g/mol. The molecule has 0 radical (unpaired) electrons. The van der Waals surface area contributed by atoms with E-state index in [4.69, 9.17) is 0 Å². The lowest BCUT2D eigenvalue weighted by molar-refractivity contribution is -0.170. The van der Waals surface area contributed by atoms with Crippen molar-refractivity contribution in [2.75, 3.05) is 13.2 Å². The third-order valence-electron chi connectivity index (χ3n) is 4.59. The number of hydrogen-bond acceptors (Lipinski definition) is 7. The number of benzene rings is 1. The standard InChI is InChI=1S/C20H13F7N6O2/c21-14-4-5-15(16(22)8-14)18(30-34,10-33-12-29-31-32-33)20(26,27)17-6-3-13(9-28-17)2-1-7-35-11-19(23,24)25/h3-6,8-9,12H,7,10-11H2. The highest BCUT2D eigenvalue weighted by Crippen LogP contribution is 2.49. The third-order valence-corrected chi connectivity index (χ3v) is 4.59. The van der Waals surface area contributed by atoms with Gasteiger partial charge in [0.1, 0.15) is 36.9 Å². The molecular weight excluding hydrogens is 489 g/mol. The second kappa shape index (κ2) is 10.1. The van der Waals surface area contributed by atoms with Crippen LogP contribution in [-0.2, 0) is 22.7 Å². The maximum absolute atomic E-state index is 15.8. The summed E-state index contributed by atoms with van der Waals surface area (Å²) in [5.74, 6) is -2.17. The van der Waals surface area contributed by atoms with Crippen molar-refractivity contribution in [3.8, 4) is 11.8 Å². The van der Waals surface area contributed by atoms with Crippen LogP contribution in [0.2, 0.25) is 0 Å². The Morgan fingerprint density at radius 1 is 1.09 bits per heavy atom. The van der Waals surface area contributed by atoms with Crippen LogP contribution in [0.3, 0.4) is 0 Å². The zero-order valence-corrected chi connectivity index (χ0v) is 17.3. The lowest BCUT2D eigenvalue weighted by atomic mass is 9.82. The van der Waals surface area contributed by atoms with Gasteiger partial charge < -0.3 is 4.74 Å². The van der Waals surface area contributed by atoms with Crippen molar-refractivity contribution < 1.29 is 35.5 Å². The Morgan fingerprint density at radius 3 is 2.43 bits per heavy atom. The highest BCUT2D eigenvalue weighted by molar-refractivity contribution is 5.37. The fraction of sp³-hybridized carbons (Fsp3) is 0.300. The zero-order chi connectivity index (χ0) is 25.7. The van der Waals surface area contributed by atoms with Crippen LogP contribution in [-0.4, -0.2) is 44.6 Å². The highest BCUT2D eigenvalue weighted by Gasteiger charge is 2.61. The summed E-state index contributed by atoms with van der Waals surface area (Å²) in [6.07, 6.45) is -2.76. The van der Waals surface area contributed by atoms with Gasteiger partial charge in [-0.2, -0.15) is 22.0 Å². The Kier molecular flexibility index (Phi) is 7.44. The quantitative estimate of drug-likeness (QED) is 0.202. The Labute approximate surface area is 192 Å². The van der Waals surface area contributed by atoms with Crippen LogP contribution in [0.5, 0.6) is 0 Å². The SMILES string of the molecule is O=NC(Cn1cnnn1)(c1ccc(F)cc1F)C(F)(F)c1ccc(C#CCOCC(F)(F)F)cn1. The number of nitroso groups, excluding NO2 is 1. The highest BCUT2D eigenvalue weighted by atomic mass is 19.4. The Morgan fingerprint density at radius 2 is 1.86 bits per heavy atom. The molecular formula is C20H13F7N6O2. The van der Waals surface area contributed by atoms with E-state index in [0.29, 0.717) is 18.2 Å². The molecule has 1 unspecified atom stereocenters. The Balaban J connectivity index is 1.95. The van der Waals surface area contributed by atoms with E-state index in [0.717, 1.165) is 29.3 Å². The minimum atomic E-state index is -4.53. The summed E-state index contributed by atoms with van der Waals surface area (Å²) < 4.78 is 101. The number of aromatic nitrogens is 5. The van der Waals surface area contributed by atoms with Gasteiger partial charge in [-0.25, -0.2) is 13.5 Å². The molecule has 3 aromatic rings. The number of halogens is 7. The van der Waals surface area contributed by atoms with Crippen molar-refractivity contribution in [3.63, 3.8) is 0 Å². The molecule has 0 aliphatic carbocycles. The van der Waals surface area contributed by atoms with Crippen LogP contribution in [0.4, 0.5) is 30.7 Å². The van der Waals surface area contributed by atoms with Crippen LogP contribution in [0.1, 0.15) is 16.8 Å². The molecule has 0 aliphatic heterocycles. The first-order chi connectivity index (χ1) is 16.5. The molecule has 0 bridgehead atoms. The zero-order valence-electron chi connectivity index (χ0n) is 17.3. The van der Waals surface area contributed by atoms with Crippen molar-refractivity contribution in [3.05, 3.63) is 76.2 Å². The van der Waals surface area contributed by atoms with Gasteiger partial charge in [-0.15, -0.1) is 10.0 Å². The third kappa shape index (κ3) is 5.77. The molecule has 3 rings (SSSR count). The lowest BCUT2D eigenvalue weighted by Crippen LogP contribution is -2.46. The largest absolute Gasteiger partial charge is 0.411 e. The number of hydrogen-bond donors (Lipinski definition) is 0. The van der Waals surface area contributed by atoms with E-state index in [1.54, 1.807) is 0 Å². The topological polar surface area (TPSA) is 95.2 Å². The minimum absolute atomic E-state index is 0.0401. The average Bonchev–Trinajstić information content (AvgIpc) is 3.30. The number of pyridine rings is 1. The molecule has 0 fully saturated rings. The van der Waals surface area contributed by atoms with Gasteiger partial charge in [-0.1, -0.05) is 17.9 Å². The van der Waals surface area contributed by atoms with E-state index >= 15 is 8.78 Å². The number of nitrogens with zero attached hydrogens (tertiary/aromatic N) is 6. The molecule has 1 aromatic carbocycles. The fourth-order valence-corrected chi connectivity index (χ4v) is 3.02. The molecule has 0 saturated heterocycles. The van der Waals surface area contributed by atoms with Crippen molar-refractivity contribution in [1.29, 1.82) is 0 Å². The molecule has 8 nitrogen and oxygen atoms in total.